The number of benzene rings is 1. The summed E-state index contributed by atoms with van der Waals surface area (Å²) in [7, 11) is 1.43. The Hall–Kier alpha value is -2.34. The van der Waals surface area contributed by atoms with Crippen molar-refractivity contribution in [1.29, 1.82) is 0 Å². The first-order valence-electron chi connectivity index (χ1n) is 5.32. The van der Waals surface area contributed by atoms with Crippen LogP contribution in [0.3, 0.4) is 0 Å². The van der Waals surface area contributed by atoms with E-state index in [9.17, 15) is 10.1 Å². The Morgan fingerprint density at radius 2 is 2.21 bits per heavy atom. The highest BCUT2D eigenvalue weighted by Gasteiger charge is 2.17. The lowest BCUT2D eigenvalue weighted by atomic mass is 10.2. The second kappa shape index (κ2) is 5.53. The molecule has 7 heteroatoms. The van der Waals surface area contributed by atoms with Gasteiger partial charge in [-0.2, -0.15) is 0 Å². The number of hydrogen-bond donors (Lipinski definition) is 1. The number of methoxy groups -OCH3 is 1. The largest absolute Gasteiger partial charge is 0.494 e. The highest BCUT2D eigenvalue weighted by Crippen LogP contribution is 2.36. The van der Waals surface area contributed by atoms with Crippen LogP contribution in [0.25, 0.3) is 0 Å². The lowest BCUT2D eigenvalue weighted by molar-refractivity contribution is -0.384. The summed E-state index contributed by atoms with van der Waals surface area (Å²) in [6.45, 7) is 0. The summed E-state index contributed by atoms with van der Waals surface area (Å²) in [4.78, 5) is 14.3. The van der Waals surface area contributed by atoms with Crippen molar-refractivity contribution in [3.8, 4) is 5.75 Å². The number of aromatic nitrogens is 1. The third kappa shape index (κ3) is 2.92. The third-order valence-electron chi connectivity index (χ3n) is 2.39. The van der Waals surface area contributed by atoms with E-state index < -0.39 is 4.92 Å². The Morgan fingerprint density at radius 3 is 2.79 bits per heavy atom. The summed E-state index contributed by atoms with van der Waals surface area (Å²) in [5.74, 6) is 0.910. The first-order valence-corrected chi connectivity index (χ1v) is 5.69. The van der Waals surface area contributed by atoms with Gasteiger partial charge in [0.15, 0.2) is 0 Å². The quantitative estimate of drug-likeness (QED) is 0.685. The van der Waals surface area contributed by atoms with Crippen LogP contribution in [0.4, 0.5) is 17.2 Å². The number of ether oxygens (including phenoxy) is 1. The minimum atomic E-state index is -0.560. The van der Waals surface area contributed by atoms with Gasteiger partial charge in [-0.15, -0.1) is 0 Å². The molecule has 0 bridgehead atoms. The Kier molecular flexibility index (Phi) is 3.82. The van der Waals surface area contributed by atoms with Crippen molar-refractivity contribution < 1.29 is 9.66 Å². The van der Waals surface area contributed by atoms with Gasteiger partial charge < -0.3 is 10.1 Å². The number of nitro benzene ring substituents is 1. The fourth-order valence-corrected chi connectivity index (χ4v) is 1.76. The van der Waals surface area contributed by atoms with Crippen LogP contribution in [0.5, 0.6) is 5.75 Å². The number of nitrogens with one attached hydrogen (secondary N) is 1. The number of rotatable bonds is 4. The summed E-state index contributed by atoms with van der Waals surface area (Å²) in [6, 6.07) is 8.07. The van der Waals surface area contributed by atoms with Crippen LogP contribution in [0.1, 0.15) is 0 Å². The van der Waals surface area contributed by atoms with Crippen LogP contribution in [0.15, 0.2) is 36.5 Å². The van der Waals surface area contributed by atoms with E-state index in [1.807, 2.05) is 6.07 Å². The molecule has 1 N–H and O–H groups in total. The Balaban J connectivity index is 2.40. The standard InChI is InChI=1S/C12H10ClN3O3/c1-19-11-7-10(16(17)18)8(13)6-9(11)15-12-4-2-3-5-14-12/h2-7H,1H3,(H,14,15). The van der Waals surface area contributed by atoms with Gasteiger partial charge in [0, 0.05) is 6.20 Å². The number of pyridine rings is 1. The van der Waals surface area contributed by atoms with Gasteiger partial charge in [-0.3, -0.25) is 10.1 Å². The average molecular weight is 280 g/mol. The second-order valence-electron chi connectivity index (χ2n) is 3.60. The normalized spacial score (nSPS) is 10.0. The molecule has 0 fully saturated rings. The van der Waals surface area contributed by atoms with Crippen LogP contribution < -0.4 is 10.1 Å². The molecule has 0 aliphatic rings. The Bertz CT molecular complexity index is 605. The molecule has 2 aromatic rings. The van der Waals surface area contributed by atoms with Crippen molar-refractivity contribution in [2.75, 3.05) is 12.4 Å². The fourth-order valence-electron chi connectivity index (χ4n) is 1.52. The molecule has 0 aliphatic heterocycles. The van der Waals surface area contributed by atoms with Crippen LogP contribution in [0.2, 0.25) is 5.02 Å². The fraction of sp³-hybridized carbons (Fsp3) is 0.0833. The van der Waals surface area contributed by atoms with E-state index in [1.54, 1.807) is 18.3 Å². The molecule has 0 spiro atoms. The van der Waals surface area contributed by atoms with Crippen molar-refractivity contribution in [1.82, 2.24) is 4.98 Å². The number of anilines is 2. The van der Waals surface area contributed by atoms with Gasteiger partial charge in [-0.05, 0) is 18.2 Å². The lowest BCUT2D eigenvalue weighted by Gasteiger charge is -2.11. The molecule has 1 aromatic heterocycles. The highest BCUT2D eigenvalue weighted by molar-refractivity contribution is 6.33. The summed E-state index contributed by atoms with van der Waals surface area (Å²) >= 11 is 5.86. The molecule has 0 aliphatic carbocycles. The SMILES string of the molecule is COc1cc([N+](=O)[O-])c(Cl)cc1Nc1ccccn1. The second-order valence-corrected chi connectivity index (χ2v) is 4.01. The summed E-state index contributed by atoms with van der Waals surface area (Å²) in [6.07, 6.45) is 1.63. The van der Waals surface area contributed by atoms with Gasteiger partial charge in [0.25, 0.3) is 5.69 Å². The van der Waals surface area contributed by atoms with Gasteiger partial charge in [0.05, 0.1) is 23.8 Å². The van der Waals surface area contributed by atoms with E-state index in [0.29, 0.717) is 17.3 Å². The smallest absolute Gasteiger partial charge is 0.291 e. The predicted octanol–water partition coefficient (Wildman–Crippen LogP) is 3.40. The zero-order chi connectivity index (χ0) is 13.8. The third-order valence-corrected chi connectivity index (χ3v) is 2.70. The molecule has 1 aromatic carbocycles. The maximum absolute atomic E-state index is 10.8. The van der Waals surface area contributed by atoms with Gasteiger partial charge in [-0.1, -0.05) is 17.7 Å². The summed E-state index contributed by atoms with van der Waals surface area (Å²) in [5.41, 5.74) is 0.307. The summed E-state index contributed by atoms with van der Waals surface area (Å²) < 4.78 is 5.11. The molecule has 0 radical (unpaired) electrons. The van der Waals surface area contributed by atoms with Crippen LogP contribution >= 0.6 is 11.6 Å². The first kappa shape index (κ1) is 13.1. The van der Waals surface area contributed by atoms with Crippen molar-refractivity contribution >= 4 is 28.8 Å². The van der Waals surface area contributed by atoms with Crippen LogP contribution in [-0.2, 0) is 0 Å². The van der Waals surface area contributed by atoms with Crippen LogP contribution in [-0.4, -0.2) is 17.0 Å². The zero-order valence-electron chi connectivity index (χ0n) is 9.96. The van der Waals surface area contributed by atoms with Gasteiger partial charge >= 0.3 is 0 Å². The molecule has 98 valence electrons. The van der Waals surface area contributed by atoms with Crippen molar-refractivity contribution in [3.63, 3.8) is 0 Å². The topological polar surface area (TPSA) is 77.3 Å². The van der Waals surface area contributed by atoms with Crippen LogP contribution in [0, 0.1) is 10.1 Å². The molecule has 0 unspecified atom stereocenters. The van der Waals surface area contributed by atoms with E-state index in [4.69, 9.17) is 16.3 Å². The maximum Gasteiger partial charge on any atom is 0.291 e. The summed E-state index contributed by atoms with van der Waals surface area (Å²) in [5, 5.41) is 13.8. The Labute approximate surface area is 114 Å². The molecule has 0 saturated heterocycles. The Morgan fingerprint density at radius 1 is 1.42 bits per heavy atom. The molecule has 19 heavy (non-hydrogen) atoms. The molecule has 0 saturated carbocycles. The molecule has 0 amide bonds. The lowest BCUT2D eigenvalue weighted by Crippen LogP contribution is -1.98. The predicted molar refractivity (Wildman–Crippen MR) is 72.2 cm³/mol. The van der Waals surface area contributed by atoms with Crippen molar-refractivity contribution in [2.45, 2.75) is 0 Å². The molecular weight excluding hydrogens is 270 g/mol. The zero-order valence-corrected chi connectivity index (χ0v) is 10.7. The monoisotopic (exact) mass is 279 g/mol. The van der Waals surface area contributed by atoms with E-state index >= 15 is 0 Å². The molecular formula is C12H10ClN3O3. The average Bonchev–Trinajstić information content (AvgIpc) is 2.39. The molecule has 1 heterocycles. The van der Waals surface area contributed by atoms with E-state index in [2.05, 4.69) is 10.3 Å². The first-order chi connectivity index (χ1) is 9.11. The van der Waals surface area contributed by atoms with E-state index in [0.717, 1.165) is 0 Å². The minimum Gasteiger partial charge on any atom is -0.494 e. The maximum atomic E-state index is 10.8. The number of nitrogens with zero attached hydrogens (tertiary/aromatic N) is 2. The molecule has 0 atom stereocenters. The number of nitro groups is 1. The molecule has 2 rings (SSSR count). The van der Waals surface area contributed by atoms with Crippen molar-refractivity contribution in [3.05, 3.63) is 51.7 Å². The number of hydrogen-bond acceptors (Lipinski definition) is 5. The molecule has 6 nitrogen and oxygen atoms in total. The highest BCUT2D eigenvalue weighted by atomic mass is 35.5. The van der Waals surface area contributed by atoms with E-state index in [1.165, 1.54) is 19.2 Å². The van der Waals surface area contributed by atoms with E-state index in [-0.39, 0.29) is 10.7 Å². The van der Waals surface area contributed by atoms with Gasteiger partial charge in [-0.25, -0.2) is 4.98 Å². The van der Waals surface area contributed by atoms with Gasteiger partial charge in [0.1, 0.15) is 16.6 Å². The minimum absolute atomic E-state index is 0.0317. The van der Waals surface area contributed by atoms with Crippen molar-refractivity contribution in [2.24, 2.45) is 0 Å². The number of halogens is 1. The van der Waals surface area contributed by atoms with Gasteiger partial charge in [0.2, 0.25) is 0 Å².